The van der Waals surface area contributed by atoms with Gasteiger partial charge in [0.25, 0.3) is 5.91 Å². The average Bonchev–Trinajstić information content (AvgIpc) is 3.19. The van der Waals surface area contributed by atoms with Crippen molar-refractivity contribution in [3.63, 3.8) is 0 Å². The van der Waals surface area contributed by atoms with Gasteiger partial charge in [-0.25, -0.2) is 0 Å². The summed E-state index contributed by atoms with van der Waals surface area (Å²) < 4.78 is 5.72. The molecule has 0 unspecified atom stereocenters. The lowest BCUT2D eigenvalue weighted by Gasteiger charge is -2.12. The summed E-state index contributed by atoms with van der Waals surface area (Å²) in [5.41, 5.74) is 2.36. The van der Waals surface area contributed by atoms with Crippen molar-refractivity contribution in [2.75, 3.05) is 19.8 Å². The van der Waals surface area contributed by atoms with Crippen LogP contribution in [0, 0.1) is 0 Å². The lowest BCUT2D eigenvalue weighted by molar-refractivity contribution is -0.123. The SMILES string of the molecule is O=C(COc1cccc2[nH]cc(C3CCCC3)c12)NCCO. The Morgan fingerprint density at radius 3 is 2.95 bits per heavy atom. The number of rotatable bonds is 6. The van der Waals surface area contributed by atoms with Crippen LogP contribution in [0.3, 0.4) is 0 Å². The molecule has 5 nitrogen and oxygen atoms in total. The molecule has 1 fully saturated rings. The Kier molecular flexibility index (Phi) is 4.63. The molecule has 1 heterocycles. The number of H-pyrrole nitrogens is 1. The zero-order chi connectivity index (χ0) is 15.4. The molecule has 0 spiro atoms. The molecule has 0 atom stereocenters. The largest absolute Gasteiger partial charge is 0.483 e. The van der Waals surface area contributed by atoms with E-state index in [-0.39, 0.29) is 25.7 Å². The Morgan fingerprint density at radius 2 is 2.18 bits per heavy atom. The summed E-state index contributed by atoms with van der Waals surface area (Å²) in [6, 6.07) is 5.87. The number of aliphatic hydroxyl groups excluding tert-OH is 1. The maximum atomic E-state index is 11.6. The number of hydrogen-bond donors (Lipinski definition) is 3. The van der Waals surface area contributed by atoms with Gasteiger partial charge in [0.2, 0.25) is 0 Å². The van der Waals surface area contributed by atoms with Crippen molar-refractivity contribution in [1.29, 1.82) is 0 Å². The summed E-state index contributed by atoms with van der Waals surface area (Å²) in [6.45, 7) is 0.156. The smallest absolute Gasteiger partial charge is 0.258 e. The molecule has 118 valence electrons. The molecule has 2 aromatic rings. The molecular formula is C17H22N2O3. The first-order chi connectivity index (χ1) is 10.8. The van der Waals surface area contributed by atoms with Crippen molar-refractivity contribution in [1.82, 2.24) is 10.3 Å². The van der Waals surface area contributed by atoms with Crippen molar-refractivity contribution in [2.24, 2.45) is 0 Å². The summed E-state index contributed by atoms with van der Waals surface area (Å²) in [5, 5.41) is 12.4. The number of carbonyl (C=O) groups excluding carboxylic acids is 1. The van der Waals surface area contributed by atoms with E-state index in [1.54, 1.807) is 0 Å². The number of fused-ring (bicyclic) bond motifs is 1. The Hall–Kier alpha value is -2.01. The van der Waals surface area contributed by atoms with Gasteiger partial charge in [-0.15, -0.1) is 0 Å². The molecule has 0 saturated heterocycles. The molecule has 0 bridgehead atoms. The Bertz CT molecular complexity index is 644. The molecule has 1 amide bonds. The third-order valence-electron chi connectivity index (χ3n) is 4.29. The summed E-state index contributed by atoms with van der Waals surface area (Å²) in [4.78, 5) is 14.9. The number of carbonyl (C=O) groups is 1. The quantitative estimate of drug-likeness (QED) is 0.766. The fourth-order valence-corrected chi connectivity index (χ4v) is 3.25. The van der Waals surface area contributed by atoms with Crippen molar-refractivity contribution in [2.45, 2.75) is 31.6 Å². The van der Waals surface area contributed by atoms with Crippen molar-refractivity contribution in [3.05, 3.63) is 30.0 Å². The number of hydrogen-bond acceptors (Lipinski definition) is 3. The average molecular weight is 302 g/mol. The van der Waals surface area contributed by atoms with E-state index >= 15 is 0 Å². The van der Waals surface area contributed by atoms with Crippen LogP contribution in [0.2, 0.25) is 0 Å². The van der Waals surface area contributed by atoms with Crippen LogP contribution in [0.1, 0.15) is 37.2 Å². The van der Waals surface area contributed by atoms with Gasteiger partial charge in [0.15, 0.2) is 6.61 Å². The second-order valence-corrected chi connectivity index (χ2v) is 5.77. The summed E-state index contributed by atoms with van der Waals surface area (Å²) in [5.74, 6) is 1.12. The molecule has 1 aromatic carbocycles. The number of aromatic nitrogens is 1. The fourth-order valence-electron chi connectivity index (χ4n) is 3.25. The molecule has 3 rings (SSSR count). The number of aliphatic hydroxyl groups is 1. The van der Waals surface area contributed by atoms with Gasteiger partial charge < -0.3 is 20.1 Å². The predicted octanol–water partition coefficient (Wildman–Crippen LogP) is 2.31. The lowest BCUT2D eigenvalue weighted by Crippen LogP contribution is -2.31. The molecule has 22 heavy (non-hydrogen) atoms. The molecule has 1 aliphatic carbocycles. The Balaban J connectivity index is 1.79. The minimum atomic E-state index is -0.219. The third-order valence-corrected chi connectivity index (χ3v) is 4.29. The molecule has 1 saturated carbocycles. The highest BCUT2D eigenvalue weighted by molar-refractivity contribution is 5.90. The van der Waals surface area contributed by atoms with Gasteiger partial charge in [0, 0.05) is 23.6 Å². The van der Waals surface area contributed by atoms with Crippen LogP contribution in [-0.2, 0) is 4.79 Å². The predicted molar refractivity (Wildman–Crippen MR) is 85.1 cm³/mol. The molecular weight excluding hydrogens is 280 g/mol. The molecule has 1 aromatic heterocycles. The van der Waals surface area contributed by atoms with Gasteiger partial charge in [-0.3, -0.25) is 4.79 Å². The van der Waals surface area contributed by atoms with Crippen LogP contribution in [-0.4, -0.2) is 35.8 Å². The lowest BCUT2D eigenvalue weighted by atomic mass is 9.97. The first kappa shape index (κ1) is 14.9. The van der Waals surface area contributed by atoms with Gasteiger partial charge in [-0.1, -0.05) is 18.9 Å². The summed E-state index contributed by atoms with van der Waals surface area (Å²) in [6.07, 6.45) is 7.09. The van der Waals surface area contributed by atoms with Crippen molar-refractivity contribution >= 4 is 16.8 Å². The second kappa shape index (κ2) is 6.83. The van der Waals surface area contributed by atoms with Gasteiger partial charge in [-0.2, -0.15) is 0 Å². The maximum absolute atomic E-state index is 11.6. The summed E-state index contributed by atoms with van der Waals surface area (Å²) >= 11 is 0. The normalized spacial score (nSPS) is 15.3. The van der Waals surface area contributed by atoms with Crippen molar-refractivity contribution in [3.8, 4) is 5.75 Å². The van der Waals surface area contributed by atoms with E-state index in [1.165, 1.54) is 31.2 Å². The van der Waals surface area contributed by atoms with Crippen LogP contribution in [0.15, 0.2) is 24.4 Å². The van der Waals surface area contributed by atoms with Gasteiger partial charge in [-0.05, 0) is 36.5 Å². The third kappa shape index (κ3) is 3.09. The first-order valence-corrected chi connectivity index (χ1v) is 7.90. The monoisotopic (exact) mass is 302 g/mol. The van der Waals surface area contributed by atoms with E-state index in [1.807, 2.05) is 18.2 Å². The highest BCUT2D eigenvalue weighted by atomic mass is 16.5. The maximum Gasteiger partial charge on any atom is 0.258 e. The Morgan fingerprint density at radius 1 is 1.36 bits per heavy atom. The van der Waals surface area contributed by atoms with Crippen LogP contribution in [0.5, 0.6) is 5.75 Å². The van der Waals surface area contributed by atoms with Gasteiger partial charge in [0.05, 0.1) is 6.61 Å². The number of amides is 1. The highest BCUT2D eigenvalue weighted by Crippen LogP contribution is 2.40. The number of nitrogens with one attached hydrogen (secondary N) is 2. The van der Waals surface area contributed by atoms with Gasteiger partial charge in [0.1, 0.15) is 5.75 Å². The molecule has 1 aliphatic rings. The summed E-state index contributed by atoms with van der Waals surface area (Å²) in [7, 11) is 0. The van der Waals surface area contributed by atoms with Crippen LogP contribution in [0.4, 0.5) is 0 Å². The molecule has 0 radical (unpaired) electrons. The molecule has 5 heteroatoms. The zero-order valence-corrected chi connectivity index (χ0v) is 12.6. The van der Waals surface area contributed by atoms with E-state index in [9.17, 15) is 4.79 Å². The number of ether oxygens (including phenoxy) is 1. The zero-order valence-electron chi connectivity index (χ0n) is 12.6. The van der Waals surface area contributed by atoms with E-state index in [4.69, 9.17) is 9.84 Å². The van der Waals surface area contributed by atoms with Crippen molar-refractivity contribution < 1.29 is 14.6 Å². The van der Waals surface area contributed by atoms with Crippen LogP contribution >= 0.6 is 0 Å². The molecule has 3 N–H and O–H groups in total. The number of aromatic amines is 1. The van der Waals surface area contributed by atoms with Crippen LogP contribution in [0.25, 0.3) is 10.9 Å². The van der Waals surface area contributed by atoms with E-state index in [2.05, 4.69) is 16.5 Å². The topological polar surface area (TPSA) is 74.4 Å². The Labute approximate surface area is 129 Å². The van der Waals surface area contributed by atoms with E-state index in [0.29, 0.717) is 5.92 Å². The van der Waals surface area contributed by atoms with E-state index in [0.717, 1.165) is 16.7 Å². The van der Waals surface area contributed by atoms with E-state index < -0.39 is 0 Å². The minimum Gasteiger partial charge on any atom is -0.483 e. The van der Waals surface area contributed by atoms with Crippen LogP contribution < -0.4 is 10.1 Å². The fraction of sp³-hybridized carbons (Fsp3) is 0.471. The highest BCUT2D eigenvalue weighted by Gasteiger charge is 2.22. The molecule has 0 aliphatic heterocycles. The number of benzene rings is 1. The van der Waals surface area contributed by atoms with Gasteiger partial charge >= 0.3 is 0 Å². The second-order valence-electron chi connectivity index (χ2n) is 5.77. The minimum absolute atomic E-state index is 0.0333. The first-order valence-electron chi connectivity index (χ1n) is 7.90. The standard InChI is InChI=1S/C17H22N2O3/c20-9-8-18-16(21)11-22-15-7-3-6-14-17(15)13(10-19-14)12-4-1-2-5-12/h3,6-7,10,12,19-20H,1-2,4-5,8-9,11H2,(H,18,21).